The Hall–Kier alpha value is -0.995. The first-order chi connectivity index (χ1) is 6.27. The number of para-hydroxylation sites is 1. The van der Waals surface area contributed by atoms with Crippen molar-refractivity contribution < 1.29 is 14.8 Å². The third-order valence-corrected chi connectivity index (χ3v) is 2.29. The molecule has 0 unspecified atom stereocenters. The summed E-state index contributed by atoms with van der Waals surface area (Å²) in [5.41, 5.74) is 1.08. The second-order valence-corrected chi connectivity index (χ2v) is 3.26. The van der Waals surface area contributed by atoms with Crippen LogP contribution in [-0.4, -0.2) is 23.8 Å². The van der Waals surface area contributed by atoms with E-state index in [0.717, 1.165) is 11.3 Å². The second-order valence-electron chi connectivity index (χ2n) is 3.26. The van der Waals surface area contributed by atoms with Gasteiger partial charge in [0, 0.05) is 11.5 Å². The number of hydrogen-bond acceptors (Lipinski definition) is 3. The van der Waals surface area contributed by atoms with Crippen molar-refractivity contribution in [2.45, 2.75) is 12.2 Å². The van der Waals surface area contributed by atoms with Crippen molar-refractivity contribution in [3.05, 3.63) is 29.8 Å². The number of ether oxygens (including phenoxy) is 1. The molecule has 0 aliphatic carbocycles. The van der Waals surface area contributed by atoms with Gasteiger partial charge in [-0.25, -0.2) is 0 Å². The van der Waals surface area contributed by atoms with Gasteiger partial charge in [0.1, 0.15) is 5.75 Å². The van der Waals surface area contributed by atoms with Gasteiger partial charge in [-0.05, 0) is 12.4 Å². The molecule has 2 rings (SSSR count). The molecule has 0 radical (unpaired) electrons. The van der Waals surface area contributed by atoms with Gasteiger partial charge in [0.05, 0.1) is 6.61 Å². The Labute approximate surface area is 77.1 Å². The van der Waals surface area contributed by atoms with Gasteiger partial charge < -0.3 is 14.8 Å². The predicted octanol–water partition coefficient (Wildman–Crippen LogP) is 0.635. The largest absolute Gasteiger partial charge is 0.493 e. The predicted molar refractivity (Wildman–Crippen MR) is 49.7 cm³/mol. The lowest BCUT2D eigenvalue weighted by Gasteiger charge is -2.06. The maximum Gasteiger partial charge on any atom is 0.452 e. The van der Waals surface area contributed by atoms with Crippen LogP contribution in [0, 0.1) is 0 Å². The molecule has 13 heavy (non-hydrogen) atoms. The van der Waals surface area contributed by atoms with Crippen LogP contribution in [0.4, 0.5) is 0 Å². The van der Waals surface area contributed by atoms with Crippen molar-refractivity contribution in [1.82, 2.24) is 0 Å². The van der Waals surface area contributed by atoms with Crippen LogP contribution in [0.3, 0.4) is 0 Å². The first-order valence-corrected chi connectivity index (χ1v) is 4.35. The monoisotopic (exact) mass is 178 g/mol. The van der Waals surface area contributed by atoms with Crippen LogP contribution in [0.1, 0.15) is 11.5 Å². The Bertz CT molecular complexity index is 301. The van der Waals surface area contributed by atoms with Gasteiger partial charge in [-0.2, -0.15) is 0 Å². The van der Waals surface area contributed by atoms with Gasteiger partial charge in [0.2, 0.25) is 0 Å². The maximum absolute atomic E-state index is 8.84. The molecule has 1 aliphatic heterocycles. The fraction of sp³-hybridized carbons (Fsp3) is 0.333. The van der Waals surface area contributed by atoms with E-state index < -0.39 is 7.12 Å². The van der Waals surface area contributed by atoms with E-state index in [-0.39, 0.29) is 5.92 Å². The summed E-state index contributed by atoms with van der Waals surface area (Å²) in [5.74, 6) is 0.990. The molecule has 0 aromatic heterocycles. The fourth-order valence-corrected chi connectivity index (χ4v) is 1.68. The molecule has 0 saturated carbocycles. The van der Waals surface area contributed by atoms with E-state index in [1.807, 2.05) is 24.3 Å². The maximum atomic E-state index is 8.84. The topological polar surface area (TPSA) is 49.7 Å². The zero-order valence-electron chi connectivity index (χ0n) is 7.18. The molecule has 3 nitrogen and oxygen atoms in total. The summed E-state index contributed by atoms with van der Waals surface area (Å²) in [6.07, 6.45) is 0.344. The highest BCUT2D eigenvalue weighted by atomic mass is 16.5. The Balaban J connectivity index is 2.18. The molecule has 0 fully saturated rings. The van der Waals surface area contributed by atoms with Gasteiger partial charge in [-0.3, -0.25) is 0 Å². The zero-order chi connectivity index (χ0) is 9.26. The molecular formula is C9H11BO3. The smallest absolute Gasteiger partial charge is 0.452 e. The third-order valence-electron chi connectivity index (χ3n) is 2.29. The van der Waals surface area contributed by atoms with Gasteiger partial charge in [0.15, 0.2) is 0 Å². The fourth-order valence-electron chi connectivity index (χ4n) is 1.68. The molecule has 1 aromatic carbocycles. The van der Waals surface area contributed by atoms with Crippen LogP contribution in [-0.2, 0) is 0 Å². The lowest BCUT2D eigenvalue weighted by molar-refractivity contribution is 0.326. The summed E-state index contributed by atoms with van der Waals surface area (Å²) >= 11 is 0. The molecular weight excluding hydrogens is 167 g/mol. The van der Waals surface area contributed by atoms with Crippen LogP contribution in [0.15, 0.2) is 24.3 Å². The first kappa shape index (κ1) is 8.60. The van der Waals surface area contributed by atoms with E-state index in [1.165, 1.54) is 0 Å². The van der Waals surface area contributed by atoms with Crippen molar-refractivity contribution in [2.75, 3.05) is 6.61 Å². The molecule has 1 heterocycles. The van der Waals surface area contributed by atoms with Gasteiger partial charge in [0.25, 0.3) is 0 Å². The van der Waals surface area contributed by atoms with Crippen LogP contribution >= 0.6 is 0 Å². The summed E-state index contributed by atoms with van der Waals surface area (Å²) in [7, 11) is -1.25. The minimum absolute atomic E-state index is 0.121. The average molecular weight is 178 g/mol. The van der Waals surface area contributed by atoms with E-state index in [4.69, 9.17) is 14.8 Å². The van der Waals surface area contributed by atoms with Crippen molar-refractivity contribution in [3.8, 4) is 5.75 Å². The first-order valence-electron chi connectivity index (χ1n) is 4.35. The molecule has 1 atom stereocenters. The molecule has 68 valence electrons. The Morgan fingerprint density at radius 2 is 2.15 bits per heavy atom. The molecule has 0 amide bonds. The van der Waals surface area contributed by atoms with E-state index in [0.29, 0.717) is 12.9 Å². The highest BCUT2D eigenvalue weighted by Crippen LogP contribution is 2.35. The molecule has 2 N–H and O–H groups in total. The molecule has 4 heteroatoms. The zero-order valence-corrected chi connectivity index (χ0v) is 7.18. The van der Waals surface area contributed by atoms with Gasteiger partial charge in [-0.1, -0.05) is 18.2 Å². The normalized spacial score (nSPS) is 19.4. The molecule has 1 aliphatic rings. The highest BCUT2D eigenvalue weighted by molar-refractivity contribution is 6.41. The summed E-state index contributed by atoms with van der Waals surface area (Å²) in [5, 5.41) is 17.7. The van der Waals surface area contributed by atoms with Crippen LogP contribution in [0.5, 0.6) is 5.75 Å². The Morgan fingerprint density at radius 3 is 2.92 bits per heavy atom. The number of benzene rings is 1. The number of rotatable bonds is 2. The molecule has 0 bridgehead atoms. The van der Waals surface area contributed by atoms with Crippen molar-refractivity contribution in [1.29, 1.82) is 0 Å². The number of fused-ring (bicyclic) bond motifs is 1. The van der Waals surface area contributed by atoms with Crippen LogP contribution in [0.25, 0.3) is 0 Å². The van der Waals surface area contributed by atoms with Crippen LogP contribution in [0.2, 0.25) is 6.32 Å². The van der Waals surface area contributed by atoms with Gasteiger partial charge >= 0.3 is 7.12 Å². The SMILES string of the molecule is OB(O)C[C@H]1COc2ccccc21. The lowest BCUT2D eigenvalue weighted by Crippen LogP contribution is -2.16. The minimum atomic E-state index is -1.25. The lowest BCUT2D eigenvalue weighted by atomic mass is 9.76. The van der Waals surface area contributed by atoms with E-state index in [1.54, 1.807) is 0 Å². The van der Waals surface area contributed by atoms with E-state index >= 15 is 0 Å². The summed E-state index contributed by atoms with van der Waals surface area (Å²) in [4.78, 5) is 0. The van der Waals surface area contributed by atoms with Crippen molar-refractivity contribution in [3.63, 3.8) is 0 Å². The Morgan fingerprint density at radius 1 is 1.38 bits per heavy atom. The molecule has 1 aromatic rings. The Kier molecular flexibility index (Phi) is 2.25. The molecule has 0 saturated heterocycles. The van der Waals surface area contributed by atoms with Crippen LogP contribution < -0.4 is 4.74 Å². The minimum Gasteiger partial charge on any atom is -0.493 e. The summed E-state index contributed by atoms with van der Waals surface area (Å²) < 4.78 is 5.39. The summed E-state index contributed by atoms with van der Waals surface area (Å²) in [6.45, 7) is 0.553. The van der Waals surface area contributed by atoms with Crippen molar-refractivity contribution >= 4 is 7.12 Å². The van der Waals surface area contributed by atoms with Crippen molar-refractivity contribution in [2.24, 2.45) is 0 Å². The third kappa shape index (κ3) is 1.69. The van der Waals surface area contributed by atoms with E-state index in [2.05, 4.69) is 0 Å². The quantitative estimate of drug-likeness (QED) is 0.653. The standard InChI is InChI=1S/C9H11BO3/c11-10(12)5-7-6-13-9-4-2-1-3-8(7)9/h1-4,7,11-12H,5-6H2/t7-/m0/s1. The van der Waals surface area contributed by atoms with E-state index in [9.17, 15) is 0 Å². The average Bonchev–Trinajstić information content (AvgIpc) is 2.48. The molecule has 0 spiro atoms. The highest BCUT2D eigenvalue weighted by Gasteiger charge is 2.27. The second kappa shape index (κ2) is 3.40. The number of hydrogen-bond donors (Lipinski definition) is 2. The summed E-state index contributed by atoms with van der Waals surface area (Å²) in [6, 6.07) is 7.72. The van der Waals surface area contributed by atoms with Gasteiger partial charge in [-0.15, -0.1) is 0 Å².